The number of carbonyl (C=O) groups is 1. The van der Waals surface area contributed by atoms with Crippen LogP contribution in [0.1, 0.15) is 58.9 Å². The number of alkyl halides is 3. The Bertz CT molecular complexity index is 1090. The Morgan fingerprint density at radius 1 is 1.26 bits per heavy atom. The smallest absolute Gasteiger partial charge is 0.376 e. The fourth-order valence-electron chi connectivity index (χ4n) is 6.43. The van der Waals surface area contributed by atoms with Crippen LogP contribution in [0.2, 0.25) is 0 Å². The van der Waals surface area contributed by atoms with Crippen molar-refractivity contribution in [2.24, 2.45) is 5.92 Å². The van der Waals surface area contributed by atoms with Crippen LogP contribution in [0.5, 0.6) is 0 Å². The van der Waals surface area contributed by atoms with Crippen LogP contribution >= 0.6 is 0 Å². The van der Waals surface area contributed by atoms with Crippen LogP contribution in [-0.2, 0) is 14.3 Å². The fraction of sp³-hybridized carbons (Fsp3) is 0.710. The van der Waals surface area contributed by atoms with Crippen molar-refractivity contribution >= 4 is 17.3 Å². The quantitative estimate of drug-likeness (QED) is 0.237. The van der Waals surface area contributed by atoms with Gasteiger partial charge in [0.05, 0.1) is 12.7 Å². The maximum atomic E-state index is 13.4. The maximum absolute atomic E-state index is 13.4. The molecule has 242 valence electrons. The number of nitrogens with one attached hydrogen (secondary N) is 5. The minimum Gasteiger partial charge on any atom is -0.376 e. The summed E-state index contributed by atoms with van der Waals surface area (Å²) in [6.45, 7) is 13.4. The number of hydrogen-bond acceptors (Lipinski definition) is 8. The molecule has 3 heterocycles. The van der Waals surface area contributed by atoms with Crippen LogP contribution in [0.15, 0.2) is 30.4 Å². The molecule has 12 heteroatoms. The summed E-state index contributed by atoms with van der Waals surface area (Å²) < 4.78 is 51.0. The van der Waals surface area contributed by atoms with Gasteiger partial charge in [0.2, 0.25) is 5.91 Å². The molecule has 3 saturated heterocycles. The zero-order valence-corrected chi connectivity index (χ0v) is 26.0. The zero-order valence-electron chi connectivity index (χ0n) is 26.0. The molecule has 0 radical (unpaired) electrons. The normalized spacial score (nSPS) is 30.3. The molecule has 4 rings (SSSR count). The lowest BCUT2D eigenvalue weighted by molar-refractivity contribution is -0.216. The first-order valence-corrected chi connectivity index (χ1v) is 15.6. The second-order valence-electron chi connectivity index (χ2n) is 12.0. The molecule has 0 aliphatic carbocycles. The first-order valence-electron chi connectivity index (χ1n) is 15.6. The third-order valence-electron chi connectivity index (χ3n) is 8.74. The van der Waals surface area contributed by atoms with Gasteiger partial charge in [0.15, 0.2) is 6.10 Å². The summed E-state index contributed by atoms with van der Waals surface area (Å²) in [7, 11) is 0. The van der Waals surface area contributed by atoms with Gasteiger partial charge in [-0.25, -0.2) is 0 Å². The van der Waals surface area contributed by atoms with E-state index < -0.39 is 30.5 Å². The van der Waals surface area contributed by atoms with Crippen molar-refractivity contribution in [3.63, 3.8) is 0 Å². The number of carbonyl (C=O) groups excluding carboxylic acids is 1. The highest BCUT2D eigenvalue weighted by atomic mass is 19.4. The average Bonchev–Trinajstić information content (AvgIpc) is 3.38. The Morgan fingerprint density at radius 3 is 2.74 bits per heavy atom. The molecule has 0 spiro atoms. The van der Waals surface area contributed by atoms with Crippen LogP contribution in [0, 0.1) is 12.8 Å². The van der Waals surface area contributed by atoms with Crippen molar-refractivity contribution < 1.29 is 27.4 Å². The minimum absolute atomic E-state index is 0.208. The number of benzene rings is 1. The van der Waals surface area contributed by atoms with Gasteiger partial charge in [-0.05, 0) is 83.5 Å². The zero-order chi connectivity index (χ0) is 31.1. The van der Waals surface area contributed by atoms with Gasteiger partial charge in [0.25, 0.3) is 0 Å². The lowest BCUT2D eigenvalue weighted by Gasteiger charge is -2.42. The Balaban J connectivity index is 1.41. The Hall–Kier alpha value is -2.22. The van der Waals surface area contributed by atoms with E-state index in [0.29, 0.717) is 23.7 Å². The Morgan fingerprint density at radius 2 is 2.05 bits per heavy atom. The number of allylic oxidation sites excluding steroid dienone is 2. The lowest BCUT2D eigenvalue weighted by atomic mass is 9.85. The van der Waals surface area contributed by atoms with E-state index in [-0.39, 0.29) is 12.4 Å². The molecule has 0 aromatic heterocycles. The van der Waals surface area contributed by atoms with Crippen molar-refractivity contribution in [1.82, 2.24) is 20.9 Å². The predicted molar refractivity (Wildman–Crippen MR) is 163 cm³/mol. The van der Waals surface area contributed by atoms with Gasteiger partial charge < -0.3 is 20.1 Å². The molecule has 1 aromatic carbocycles. The lowest BCUT2D eigenvalue weighted by Crippen LogP contribution is -2.60. The number of halogens is 3. The molecule has 1 amide bonds. The standard InChI is InChI=1S/C31H49F3N6O3/c1-6-8-9-22(16-24(7-2)40-14-15-42-20(4)18-40)25-12-13-35-30(38-25)39-26-17-23(11-10-19(26)3)37-29(41)27-28(31(32,33)34)43-21(5)36-27/h6,8,10-11,17,20-22,24-25,27-28,30,35-36,38-39H,7,9,12-16,18H2,1-5H3,(H,37,41)/b8-6+/t20-,21?,22?,24?,25?,27?,28?,30?/m1/s1. The summed E-state index contributed by atoms with van der Waals surface area (Å²) in [5.74, 6) is -0.343. The van der Waals surface area contributed by atoms with Crippen molar-refractivity contribution in [2.75, 3.05) is 36.9 Å². The van der Waals surface area contributed by atoms with Gasteiger partial charge >= 0.3 is 6.18 Å². The van der Waals surface area contributed by atoms with Crippen molar-refractivity contribution in [1.29, 1.82) is 0 Å². The molecule has 3 fully saturated rings. The monoisotopic (exact) mass is 610 g/mol. The van der Waals surface area contributed by atoms with E-state index in [1.165, 1.54) is 6.92 Å². The molecule has 0 bridgehead atoms. The molecule has 43 heavy (non-hydrogen) atoms. The first kappa shape index (κ1) is 33.7. The van der Waals surface area contributed by atoms with Gasteiger partial charge in [-0.1, -0.05) is 25.1 Å². The number of rotatable bonds is 11. The van der Waals surface area contributed by atoms with E-state index in [1.807, 2.05) is 13.0 Å². The summed E-state index contributed by atoms with van der Waals surface area (Å²) in [5, 5.41) is 16.0. The van der Waals surface area contributed by atoms with E-state index in [4.69, 9.17) is 9.47 Å². The van der Waals surface area contributed by atoms with Crippen molar-refractivity contribution in [3.05, 3.63) is 35.9 Å². The molecule has 9 nitrogen and oxygen atoms in total. The van der Waals surface area contributed by atoms with Crippen molar-refractivity contribution in [3.8, 4) is 0 Å². The number of morpholine rings is 1. The third kappa shape index (κ3) is 9.15. The number of amides is 1. The van der Waals surface area contributed by atoms with E-state index in [1.54, 1.807) is 12.1 Å². The SMILES string of the molecule is C/C=C/CC(CC(CC)N1CCO[C@H](C)C1)C1CCNC(Nc2cc(NC(=O)C3NC(C)OC3C(F)(F)F)ccc2C)N1. The Labute approximate surface area is 253 Å². The molecule has 0 saturated carbocycles. The summed E-state index contributed by atoms with van der Waals surface area (Å²) in [6.07, 6.45) is 0.869. The number of aryl methyl sites for hydroxylation is 1. The molecule has 3 aliphatic heterocycles. The summed E-state index contributed by atoms with van der Waals surface area (Å²) in [5.41, 5.74) is 2.13. The molecule has 1 aromatic rings. The van der Waals surface area contributed by atoms with Gasteiger partial charge in [-0.15, -0.1) is 0 Å². The molecule has 7 unspecified atom stereocenters. The molecule has 8 atom stereocenters. The highest BCUT2D eigenvalue weighted by Gasteiger charge is 2.53. The molecule has 3 aliphatic rings. The third-order valence-corrected chi connectivity index (χ3v) is 8.74. The first-order chi connectivity index (χ1) is 20.5. The van der Waals surface area contributed by atoms with E-state index in [9.17, 15) is 18.0 Å². The fourth-order valence-corrected chi connectivity index (χ4v) is 6.43. The summed E-state index contributed by atoms with van der Waals surface area (Å²) in [6, 6.07) is 4.54. The molecule has 5 N–H and O–H groups in total. The highest BCUT2D eigenvalue weighted by Crippen LogP contribution is 2.31. The minimum atomic E-state index is -4.66. The second kappa shape index (κ2) is 15.2. The van der Waals surface area contributed by atoms with Crippen molar-refractivity contribution in [2.45, 2.75) is 109 Å². The predicted octanol–water partition coefficient (Wildman–Crippen LogP) is 4.32. The van der Waals surface area contributed by atoms with Gasteiger partial charge in [0.1, 0.15) is 18.6 Å². The number of hydrogen-bond donors (Lipinski definition) is 5. The van der Waals surface area contributed by atoms with Gasteiger partial charge in [-0.2, -0.15) is 13.2 Å². The summed E-state index contributed by atoms with van der Waals surface area (Å²) >= 11 is 0. The van der Waals surface area contributed by atoms with Gasteiger partial charge in [-0.3, -0.25) is 25.6 Å². The van der Waals surface area contributed by atoms with E-state index >= 15 is 0 Å². The van der Waals surface area contributed by atoms with Gasteiger partial charge in [0, 0.05) is 36.5 Å². The van der Waals surface area contributed by atoms with E-state index in [2.05, 4.69) is 64.4 Å². The topological polar surface area (TPSA) is 98.9 Å². The molecular weight excluding hydrogens is 561 g/mol. The highest BCUT2D eigenvalue weighted by molar-refractivity contribution is 5.96. The van der Waals surface area contributed by atoms with Crippen LogP contribution in [0.3, 0.4) is 0 Å². The number of anilines is 2. The maximum Gasteiger partial charge on any atom is 0.416 e. The average molecular weight is 611 g/mol. The van der Waals surface area contributed by atoms with E-state index in [0.717, 1.165) is 63.2 Å². The largest absolute Gasteiger partial charge is 0.416 e. The van der Waals surface area contributed by atoms with Crippen LogP contribution < -0.4 is 26.6 Å². The number of ether oxygens (including phenoxy) is 2. The molecular formula is C31H49F3N6O3. The summed E-state index contributed by atoms with van der Waals surface area (Å²) in [4.78, 5) is 15.4. The van der Waals surface area contributed by atoms with Crippen LogP contribution in [0.4, 0.5) is 24.5 Å². The number of nitrogens with zero attached hydrogens (tertiary/aromatic N) is 1. The second-order valence-corrected chi connectivity index (χ2v) is 12.0. The van der Waals surface area contributed by atoms with Crippen LogP contribution in [-0.4, -0.2) is 86.1 Å². The van der Waals surface area contributed by atoms with Crippen LogP contribution in [0.25, 0.3) is 0 Å². The Kier molecular flexibility index (Phi) is 11.9.